The van der Waals surface area contributed by atoms with Gasteiger partial charge >= 0.3 is 6.26 Å². The van der Waals surface area contributed by atoms with Gasteiger partial charge in [-0.1, -0.05) is 0 Å². The molecule has 0 N–H and O–H groups in total. The number of carbonyl (C=O) groups excluding carboxylic acids is 1. The quantitative estimate of drug-likeness (QED) is 0.284. The molecule has 0 saturated heterocycles. The fraction of sp³-hybridized carbons (Fsp3) is 0.286. The lowest BCUT2D eigenvalue weighted by Crippen LogP contribution is -1.89. The molecule has 0 bridgehead atoms. The number of nitrogens with zero attached hydrogens (tertiary/aromatic N) is 1. The van der Waals surface area contributed by atoms with Crippen LogP contribution in [0, 0.1) is 0 Å². The van der Waals surface area contributed by atoms with E-state index in [0.29, 0.717) is 0 Å². The van der Waals surface area contributed by atoms with Gasteiger partial charge in [0.1, 0.15) is 0 Å². The second-order valence-corrected chi connectivity index (χ2v) is 1.81. The molecule has 9 heavy (non-hydrogen) atoms. The second-order valence-electron chi connectivity index (χ2n) is 1.81. The minimum Gasteiger partial charge on any atom is -0.763 e. The Morgan fingerprint density at radius 1 is 1.78 bits per heavy atom. The minimum absolute atomic E-state index is 0.907. The van der Waals surface area contributed by atoms with E-state index in [1.807, 2.05) is 5.87 Å². The molecule has 0 spiro atoms. The zero-order valence-electron chi connectivity index (χ0n) is 5.00. The van der Waals surface area contributed by atoms with Gasteiger partial charge in [0.05, 0.1) is 12.0 Å². The fourth-order valence-corrected chi connectivity index (χ4v) is 0.677. The maximum atomic E-state index is 8.21. The van der Waals surface area contributed by atoms with Gasteiger partial charge in [0.25, 0.3) is 6.29 Å². The Kier molecular flexibility index (Phi) is 2.00. The Morgan fingerprint density at radius 3 is 3.22 bits per heavy atom. The SMILES string of the molecule is [N-]=C=CC1=C[O+]=CCC1. The number of hydrogen-bond acceptors (Lipinski definition) is 0. The summed E-state index contributed by atoms with van der Waals surface area (Å²) in [6.45, 7) is 0. The smallest absolute Gasteiger partial charge is 0.321 e. The molecule has 0 amide bonds. The lowest BCUT2D eigenvalue weighted by molar-refractivity contribution is -0.371. The van der Waals surface area contributed by atoms with Gasteiger partial charge in [0, 0.05) is 0 Å². The van der Waals surface area contributed by atoms with Crippen molar-refractivity contribution < 1.29 is 4.42 Å². The Labute approximate surface area is 53.7 Å². The van der Waals surface area contributed by atoms with Crippen molar-refractivity contribution in [1.29, 1.82) is 0 Å². The van der Waals surface area contributed by atoms with E-state index in [1.165, 1.54) is 6.08 Å². The summed E-state index contributed by atoms with van der Waals surface area (Å²) in [5.74, 6) is 1.95. The first-order valence-electron chi connectivity index (χ1n) is 2.82. The Morgan fingerprint density at radius 2 is 2.67 bits per heavy atom. The average Bonchev–Trinajstić information content (AvgIpc) is 1.91. The Hall–Kier alpha value is -1.14. The van der Waals surface area contributed by atoms with Crippen molar-refractivity contribution in [2.24, 2.45) is 0 Å². The molecule has 1 rings (SSSR count). The summed E-state index contributed by atoms with van der Waals surface area (Å²) in [5.41, 5.74) is 0.972. The maximum absolute atomic E-state index is 8.21. The summed E-state index contributed by atoms with van der Waals surface area (Å²) < 4.78 is 4.87. The third kappa shape index (κ3) is 1.67. The monoisotopic (exact) mass is 121 g/mol. The zero-order chi connectivity index (χ0) is 6.53. The number of aldehydes is 1. The molecule has 0 aliphatic carbocycles. The van der Waals surface area contributed by atoms with Crippen molar-refractivity contribution in [1.82, 2.24) is 0 Å². The number of allylic oxidation sites excluding steroid dienone is 2. The molecule has 1 aliphatic heterocycles. The van der Waals surface area contributed by atoms with Crippen LogP contribution >= 0.6 is 0 Å². The van der Waals surface area contributed by atoms with Crippen LogP contribution in [0.5, 0.6) is 0 Å². The summed E-state index contributed by atoms with van der Waals surface area (Å²) in [6, 6.07) is 0. The standard InChI is InChI=1S/C7H7NO/c8-4-3-7-2-1-5-9-6-7/h3,5-6H,1-2H2. The van der Waals surface area contributed by atoms with Gasteiger partial charge in [-0.05, 0) is 12.5 Å². The maximum Gasteiger partial charge on any atom is 0.321 e. The average molecular weight is 121 g/mol. The van der Waals surface area contributed by atoms with E-state index in [0.717, 1.165) is 18.4 Å². The summed E-state index contributed by atoms with van der Waals surface area (Å²) in [5, 5.41) is 8.21. The van der Waals surface area contributed by atoms with Crippen molar-refractivity contribution in [3.05, 3.63) is 23.3 Å². The first kappa shape index (κ1) is 5.99. The summed E-state index contributed by atoms with van der Waals surface area (Å²) in [7, 11) is 0. The number of rotatable bonds is 1. The van der Waals surface area contributed by atoms with Gasteiger partial charge in [-0.25, -0.2) is 4.42 Å². The number of hydrogen-bond donors (Lipinski definition) is 0. The molecule has 0 aromatic heterocycles. The van der Waals surface area contributed by atoms with Crippen LogP contribution in [0.2, 0.25) is 0 Å². The molecule has 0 saturated carbocycles. The Balaban J connectivity index is 2.68. The van der Waals surface area contributed by atoms with E-state index in [1.54, 1.807) is 12.5 Å². The van der Waals surface area contributed by atoms with Crippen LogP contribution in [0.1, 0.15) is 12.8 Å². The van der Waals surface area contributed by atoms with Gasteiger partial charge in [0.2, 0.25) is 0 Å². The molecule has 0 aromatic carbocycles. The van der Waals surface area contributed by atoms with Gasteiger partial charge in [-0.3, -0.25) is 5.87 Å². The molecule has 0 fully saturated rings. The summed E-state index contributed by atoms with van der Waals surface area (Å²) >= 11 is 0. The predicted octanol–water partition coefficient (Wildman–Crippen LogP) is 1.19. The van der Waals surface area contributed by atoms with Crippen molar-refractivity contribution >= 4 is 12.2 Å². The van der Waals surface area contributed by atoms with Gasteiger partial charge in [0.15, 0.2) is 0 Å². The van der Waals surface area contributed by atoms with Gasteiger partial charge < -0.3 is 5.41 Å². The zero-order valence-corrected chi connectivity index (χ0v) is 5.00. The molecule has 2 nitrogen and oxygen atoms in total. The predicted molar refractivity (Wildman–Crippen MR) is 36.3 cm³/mol. The molecular formula is C7H7NO. The highest BCUT2D eigenvalue weighted by atomic mass is 16.4. The van der Waals surface area contributed by atoms with Crippen LogP contribution in [0.25, 0.3) is 5.41 Å². The minimum atomic E-state index is 0.907. The lowest BCUT2D eigenvalue weighted by Gasteiger charge is -1.91. The van der Waals surface area contributed by atoms with Crippen LogP contribution in [0.15, 0.2) is 17.9 Å². The molecule has 0 aromatic rings. The molecule has 1 heterocycles. The fourth-order valence-electron chi connectivity index (χ4n) is 0.677. The van der Waals surface area contributed by atoms with E-state index < -0.39 is 0 Å². The largest absolute Gasteiger partial charge is 0.763 e. The van der Waals surface area contributed by atoms with E-state index in [4.69, 9.17) is 9.83 Å². The molecule has 0 radical (unpaired) electrons. The first-order chi connectivity index (χ1) is 4.43. The molecule has 0 unspecified atom stereocenters. The van der Waals surface area contributed by atoms with E-state index in [2.05, 4.69) is 0 Å². The van der Waals surface area contributed by atoms with Crippen molar-refractivity contribution in [3.8, 4) is 0 Å². The van der Waals surface area contributed by atoms with Crippen LogP contribution in [-0.2, 0) is 4.42 Å². The highest BCUT2D eigenvalue weighted by Crippen LogP contribution is 2.05. The topological polar surface area (TPSA) is 33.6 Å². The van der Waals surface area contributed by atoms with E-state index >= 15 is 0 Å². The molecule has 0 atom stereocenters. The van der Waals surface area contributed by atoms with Gasteiger partial charge in [-0.2, -0.15) is 0 Å². The summed E-state index contributed by atoms with van der Waals surface area (Å²) in [6.07, 6.45) is 6.67. The van der Waals surface area contributed by atoms with E-state index in [-0.39, 0.29) is 0 Å². The first-order valence-corrected chi connectivity index (χ1v) is 2.82. The lowest BCUT2D eigenvalue weighted by atomic mass is 10.1. The highest BCUT2D eigenvalue weighted by molar-refractivity contribution is 5.61. The molecule has 46 valence electrons. The third-order valence-corrected chi connectivity index (χ3v) is 1.12. The van der Waals surface area contributed by atoms with Crippen molar-refractivity contribution in [2.75, 3.05) is 0 Å². The highest BCUT2D eigenvalue weighted by Gasteiger charge is 2.02. The van der Waals surface area contributed by atoms with Crippen molar-refractivity contribution in [3.63, 3.8) is 0 Å². The normalized spacial score (nSPS) is 16.2. The van der Waals surface area contributed by atoms with Crippen LogP contribution in [0.3, 0.4) is 0 Å². The van der Waals surface area contributed by atoms with Crippen molar-refractivity contribution in [2.45, 2.75) is 12.8 Å². The van der Waals surface area contributed by atoms with Gasteiger partial charge in [-0.15, -0.1) is 0 Å². The summed E-state index contributed by atoms with van der Waals surface area (Å²) in [4.78, 5) is 0. The van der Waals surface area contributed by atoms with Crippen LogP contribution in [-0.4, -0.2) is 12.2 Å². The third-order valence-electron chi connectivity index (χ3n) is 1.12. The van der Waals surface area contributed by atoms with Crippen LogP contribution < -0.4 is 0 Å². The van der Waals surface area contributed by atoms with Crippen LogP contribution in [0.4, 0.5) is 0 Å². The molecule has 2 heteroatoms. The molecular weight excluding hydrogens is 114 g/mol. The second kappa shape index (κ2) is 3.00. The van der Waals surface area contributed by atoms with E-state index in [9.17, 15) is 0 Å². The Bertz CT molecular complexity index is 197. The molecule has 1 aliphatic rings.